The molecule has 6 heteroatoms. The third-order valence-corrected chi connectivity index (χ3v) is 6.05. The molecule has 0 saturated carbocycles. The van der Waals surface area contributed by atoms with Crippen molar-refractivity contribution in [3.8, 4) is 0 Å². The molecule has 0 saturated heterocycles. The lowest BCUT2D eigenvalue weighted by Gasteiger charge is -2.18. The highest BCUT2D eigenvalue weighted by atomic mass is 35.5. The van der Waals surface area contributed by atoms with Gasteiger partial charge >= 0.3 is 0 Å². The molecule has 144 valence electrons. The van der Waals surface area contributed by atoms with Crippen LogP contribution in [0, 0.1) is 0 Å². The maximum Gasteiger partial charge on any atom is 0.242 e. The van der Waals surface area contributed by atoms with E-state index in [9.17, 15) is 4.79 Å². The minimum Gasteiger partial charge on any atom is -0.325 e. The summed E-state index contributed by atoms with van der Waals surface area (Å²) in [6.07, 6.45) is 1.76. The molecule has 29 heavy (non-hydrogen) atoms. The molecule has 4 rings (SSSR count). The summed E-state index contributed by atoms with van der Waals surface area (Å²) in [5.41, 5.74) is 2.33. The molecule has 0 aliphatic rings. The molecule has 1 aromatic heterocycles. The Morgan fingerprint density at radius 2 is 1.62 bits per heavy atom. The number of amides is 1. The molecule has 3 aromatic carbocycles. The first-order valence-electron chi connectivity index (χ1n) is 8.92. The number of anilines is 1. The summed E-state index contributed by atoms with van der Waals surface area (Å²) >= 11 is 13.6. The van der Waals surface area contributed by atoms with Gasteiger partial charge in [0, 0.05) is 32.2 Å². The smallest absolute Gasteiger partial charge is 0.242 e. The van der Waals surface area contributed by atoms with Gasteiger partial charge in [0.15, 0.2) is 0 Å². The number of benzene rings is 3. The number of nitrogens with zero attached hydrogens (tertiary/aromatic N) is 1. The number of carbonyl (C=O) groups is 1. The number of nitrogens with one attached hydrogen (secondary N) is 1. The quantitative estimate of drug-likeness (QED) is 0.340. The maximum atomic E-state index is 13.2. The van der Waals surface area contributed by atoms with Crippen LogP contribution in [0.25, 0.3) is 10.9 Å². The van der Waals surface area contributed by atoms with Gasteiger partial charge in [0.2, 0.25) is 5.91 Å². The molecule has 1 N–H and O–H groups in total. The third-order valence-electron chi connectivity index (χ3n) is 4.31. The van der Waals surface area contributed by atoms with E-state index in [4.69, 9.17) is 23.2 Å². The molecule has 1 amide bonds. The number of thioether (sulfide) groups is 1. The molecule has 0 aliphatic carbocycles. The van der Waals surface area contributed by atoms with E-state index in [1.54, 1.807) is 24.4 Å². The first-order chi connectivity index (χ1) is 14.1. The second-order valence-corrected chi connectivity index (χ2v) is 8.41. The Hall–Kier alpha value is -2.53. The number of pyridine rings is 1. The van der Waals surface area contributed by atoms with Crippen molar-refractivity contribution in [3.05, 3.63) is 101 Å². The average molecular weight is 439 g/mol. The van der Waals surface area contributed by atoms with Crippen molar-refractivity contribution in [2.24, 2.45) is 0 Å². The van der Waals surface area contributed by atoms with E-state index in [1.807, 2.05) is 60.7 Å². The zero-order chi connectivity index (χ0) is 20.2. The summed E-state index contributed by atoms with van der Waals surface area (Å²) in [4.78, 5) is 18.7. The van der Waals surface area contributed by atoms with Crippen molar-refractivity contribution in [1.29, 1.82) is 0 Å². The Kier molecular flexibility index (Phi) is 6.05. The highest BCUT2D eigenvalue weighted by Crippen LogP contribution is 2.39. The highest BCUT2D eigenvalue weighted by Gasteiger charge is 2.23. The molecular formula is C23H16Cl2N2OS. The van der Waals surface area contributed by atoms with Gasteiger partial charge in [0.25, 0.3) is 0 Å². The number of hydrogen-bond donors (Lipinski definition) is 1. The Morgan fingerprint density at radius 3 is 2.38 bits per heavy atom. The SMILES string of the molecule is O=C(Nc1cc(Cl)cc(Cl)c1)C(Sc1cccc2cccnc12)c1ccccc1. The van der Waals surface area contributed by atoms with Crippen LogP contribution in [-0.4, -0.2) is 10.9 Å². The first-order valence-corrected chi connectivity index (χ1v) is 10.6. The fourth-order valence-electron chi connectivity index (χ4n) is 3.03. The Morgan fingerprint density at radius 1 is 0.897 bits per heavy atom. The van der Waals surface area contributed by atoms with E-state index in [0.29, 0.717) is 15.7 Å². The van der Waals surface area contributed by atoms with Gasteiger partial charge in [0.05, 0.1) is 5.52 Å². The normalized spacial score (nSPS) is 11.9. The van der Waals surface area contributed by atoms with E-state index in [2.05, 4.69) is 10.3 Å². The van der Waals surface area contributed by atoms with Crippen molar-refractivity contribution in [2.45, 2.75) is 10.1 Å². The van der Waals surface area contributed by atoms with Gasteiger partial charge in [-0.3, -0.25) is 9.78 Å². The highest BCUT2D eigenvalue weighted by molar-refractivity contribution is 8.00. The Bertz CT molecular complexity index is 1140. The second-order valence-electron chi connectivity index (χ2n) is 6.39. The number of carbonyl (C=O) groups excluding carboxylic acids is 1. The van der Waals surface area contributed by atoms with Crippen LogP contribution in [0.15, 0.2) is 90.0 Å². The van der Waals surface area contributed by atoms with Gasteiger partial charge in [-0.2, -0.15) is 0 Å². The summed E-state index contributed by atoms with van der Waals surface area (Å²) in [7, 11) is 0. The van der Waals surface area contributed by atoms with Gasteiger partial charge in [0.1, 0.15) is 5.25 Å². The van der Waals surface area contributed by atoms with Crippen LogP contribution in [0.2, 0.25) is 10.0 Å². The van der Waals surface area contributed by atoms with E-state index >= 15 is 0 Å². The maximum absolute atomic E-state index is 13.2. The molecule has 1 atom stereocenters. The summed E-state index contributed by atoms with van der Waals surface area (Å²) in [6.45, 7) is 0. The molecule has 0 bridgehead atoms. The van der Waals surface area contributed by atoms with E-state index in [1.165, 1.54) is 11.8 Å². The van der Waals surface area contributed by atoms with Crippen molar-refractivity contribution >= 4 is 57.5 Å². The predicted molar refractivity (Wildman–Crippen MR) is 122 cm³/mol. The van der Waals surface area contributed by atoms with Crippen molar-refractivity contribution < 1.29 is 4.79 Å². The van der Waals surface area contributed by atoms with Gasteiger partial charge < -0.3 is 5.32 Å². The first kappa shape index (κ1) is 19.8. The van der Waals surface area contributed by atoms with Gasteiger partial charge in [-0.05, 0) is 35.9 Å². The molecule has 1 unspecified atom stereocenters. The van der Waals surface area contributed by atoms with Crippen LogP contribution >= 0.6 is 35.0 Å². The van der Waals surface area contributed by atoms with Gasteiger partial charge in [-0.25, -0.2) is 0 Å². The topological polar surface area (TPSA) is 42.0 Å². The van der Waals surface area contributed by atoms with Crippen LogP contribution < -0.4 is 5.32 Å². The zero-order valence-electron chi connectivity index (χ0n) is 15.2. The zero-order valence-corrected chi connectivity index (χ0v) is 17.5. The number of rotatable bonds is 5. The van der Waals surface area contributed by atoms with E-state index < -0.39 is 5.25 Å². The molecular weight excluding hydrogens is 423 g/mol. The minimum absolute atomic E-state index is 0.160. The number of para-hydroxylation sites is 1. The minimum atomic E-state index is -0.471. The van der Waals surface area contributed by atoms with E-state index in [0.717, 1.165) is 21.4 Å². The number of hydrogen-bond acceptors (Lipinski definition) is 3. The predicted octanol–water partition coefficient (Wildman–Crippen LogP) is 7.01. The standard InChI is InChI=1S/C23H16Cl2N2OS/c24-17-12-18(25)14-19(13-17)27-23(28)22(16-6-2-1-3-7-16)29-20-10-4-8-15-9-5-11-26-21(15)20/h1-14,22H,(H,27,28). The number of aromatic nitrogens is 1. The number of fused-ring (bicyclic) bond motifs is 1. The summed E-state index contributed by atoms with van der Waals surface area (Å²) in [6, 6.07) is 24.5. The van der Waals surface area contributed by atoms with Crippen molar-refractivity contribution in [1.82, 2.24) is 4.98 Å². The lowest BCUT2D eigenvalue weighted by molar-refractivity contribution is -0.115. The van der Waals surface area contributed by atoms with Crippen LogP contribution in [0.4, 0.5) is 5.69 Å². The molecule has 0 fully saturated rings. The second kappa shape index (κ2) is 8.87. The van der Waals surface area contributed by atoms with Crippen LogP contribution in [0.1, 0.15) is 10.8 Å². The molecule has 0 spiro atoms. The number of halogens is 2. The largest absolute Gasteiger partial charge is 0.325 e. The fraction of sp³-hybridized carbons (Fsp3) is 0.0435. The molecule has 1 heterocycles. The van der Waals surface area contributed by atoms with Crippen LogP contribution in [0.5, 0.6) is 0 Å². The molecule has 0 aliphatic heterocycles. The summed E-state index contributed by atoms with van der Waals surface area (Å²) in [5, 5.41) is 4.44. The van der Waals surface area contributed by atoms with Gasteiger partial charge in [-0.1, -0.05) is 71.7 Å². The average Bonchev–Trinajstić information content (AvgIpc) is 2.72. The van der Waals surface area contributed by atoms with Crippen molar-refractivity contribution in [2.75, 3.05) is 5.32 Å². The van der Waals surface area contributed by atoms with Crippen molar-refractivity contribution in [3.63, 3.8) is 0 Å². The molecule has 0 radical (unpaired) electrons. The lowest BCUT2D eigenvalue weighted by Crippen LogP contribution is -2.19. The third kappa shape index (κ3) is 4.73. The van der Waals surface area contributed by atoms with Gasteiger partial charge in [-0.15, -0.1) is 11.8 Å². The molecule has 3 nitrogen and oxygen atoms in total. The van der Waals surface area contributed by atoms with E-state index in [-0.39, 0.29) is 5.91 Å². The Labute approximate surface area is 183 Å². The monoisotopic (exact) mass is 438 g/mol. The fourth-order valence-corrected chi connectivity index (χ4v) is 4.71. The molecule has 4 aromatic rings. The van der Waals surface area contributed by atoms with Crippen LogP contribution in [-0.2, 0) is 4.79 Å². The Balaban J connectivity index is 1.69. The summed E-state index contributed by atoms with van der Waals surface area (Å²) < 4.78 is 0. The lowest BCUT2D eigenvalue weighted by atomic mass is 10.1. The van der Waals surface area contributed by atoms with Crippen LogP contribution in [0.3, 0.4) is 0 Å². The summed E-state index contributed by atoms with van der Waals surface area (Å²) in [5.74, 6) is -0.160.